The molecular formula is C25H27ClN4O2. The topological polar surface area (TPSA) is 58.4 Å². The molecule has 2 aliphatic heterocycles. The molecule has 6 nitrogen and oxygen atoms in total. The van der Waals surface area contributed by atoms with E-state index in [0.717, 1.165) is 48.5 Å². The van der Waals surface area contributed by atoms with Crippen LogP contribution in [0, 0.1) is 0 Å². The molecule has 2 amide bonds. The molecule has 2 fully saturated rings. The highest BCUT2D eigenvalue weighted by Gasteiger charge is 2.35. The number of likely N-dealkylation sites (tertiary alicyclic amines) is 1. The normalized spacial score (nSPS) is 19.5. The van der Waals surface area contributed by atoms with Crippen molar-refractivity contribution in [2.24, 2.45) is 0 Å². The van der Waals surface area contributed by atoms with Crippen LogP contribution in [0.15, 0.2) is 48.5 Å². The number of fused-ring (bicyclic) bond motifs is 1. The molecule has 0 N–H and O–H groups in total. The number of aromatic nitrogens is 2. The second-order valence-corrected chi connectivity index (χ2v) is 9.16. The van der Waals surface area contributed by atoms with E-state index in [1.807, 2.05) is 45.9 Å². The summed E-state index contributed by atoms with van der Waals surface area (Å²) < 4.78 is 2.03. The SMILES string of the molecule is O=C(Cn1c(C2CC(=O)N(c3ccc(Cl)cc3)C2)nc2ccccc21)N1CCCCCC1. The molecule has 3 aromatic rings. The van der Waals surface area contributed by atoms with Gasteiger partial charge < -0.3 is 14.4 Å². The summed E-state index contributed by atoms with van der Waals surface area (Å²) in [4.78, 5) is 34.7. The summed E-state index contributed by atoms with van der Waals surface area (Å²) in [6.07, 6.45) is 4.89. The fourth-order valence-electron chi connectivity index (χ4n) is 4.88. The lowest BCUT2D eigenvalue weighted by molar-refractivity contribution is -0.131. The lowest BCUT2D eigenvalue weighted by Gasteiger charge is -2.22. The molecule has 0 aliphatic carbocycles. The van der Waals surface area contributed by atoms with Gasteiger partial charge in [0.1, 0.15) is 12.4 Å². The van der Waals surface area contributed by atoms with Crippen molar-refractivity contribution < 1.29 is 9.59 Å². The molecule has 0 spiro atoms. The van der Waals surface area contributed by atoms with Gasteiger partial charge in [0.25, 0.3) is 0 Å². The fraction of sp³-hybridized carbons (Fsp3) is 0.400. The minimum Gasteiger partial charge on any atom is -0.341 e. The van der Waals surface area contributed by atoms with Crippen LogP contribution in [0.5, 0.6) is 0 Å². The third-order valence-corrected chi connectivity index (χ3v) is 6.82. The van der Waals surface area contributed by atoms with Crippen molar-refractivity contribution in [2.45, 2.75) is 44.6 Å². The Labute approximate surface area is 192 Å². The number of hydrogen-bond acceptors (Lipinski definition) is 3. The molecule has 2 aliphatic rings. The Morgan fingerprint density at radius 1 is 1.00 bits per heavy atom. The van der Waals surface area contributed by atoms with Gasteiger partial charge in [-0.1, -0.05) is 36.6 Å². The Kier molecular flexibility index (Phi) is 5.87. The summed E-state index contributed by atoms with van der Waals surface area (Å²) >= 11 is 6.02. The molecule has 32 heavy (non-hydrogen) atoms. The predicted octanol–water partition coefficient (Wildman–Crippen LogP) is 4.61. The summed E-state index contributed by atoms with van der Waals surface area (Å²) in [5.41, 5.74) is 2.65. The number of nitrogens with zero attached hydrogens (tertiary/aromatic N) is 4. The summed E-state index contributed by atoms with van der Waals surface area (Å²) in [5, 5.41) is 0.644. The predicted molar refractivity (Wildman–Crippen MR) is 126 cm³/mol. The van der Waals surface area contributed by atoms with Crippen LogP contribution in [0.1, 0.15) is 43.8 Å². The summed E-state index contributed by atoms with van der Waals surface area (Å²) in [7, 11) is 0. The minimum atomic E-state index is -0.0671. The van der Waals surface area contributed by atoms with Crippen molar-refractivity contribution in [1.29, 1.82) is 0 Å². The van der Waals surface area contributed by atoms with Crippen LogP contribution in [-0.4, -0.2) is 45.9 Å². The molecule has 2 aromatic carbocycles. The Hall–Kier alpha value is -2.86. The third-order valence-electron chi connectivity index (χ3n) is 6.56. The molecule has 7 heteroatoms. The Bertz CT molecular complexity index is 1130. The molecule has 3 heterocycles. The van der Waals surface area contributed by atoms with Gasteiger partial charge in [0.15, 0.2) is 0 Å². The van der Waals surface area contributed by atoms with E-state index in [1.165, 1.54) is 12.8 Å². The number of amides is 2. The van der Waals surface area contributed by atoms with Crippen LogP contribution < -0.4 is 4.90 Å². The van der Waals surface area contributed by atoms with Crippen molar-refractivity contribution in [1.82, 2.24) is 14.5 Å². The van der Waals surface area contributed by atoms with E-state index in [2.05, 4.69) is 0 Å². The molecule has 0 bridgehead atoms. The lowest BCUT2D eigenvalue weighted by atomic mass is 10.1. The first kappa shape index (κ1) is 21.0. The first-order valence-electron chi connectivity index (χ1n) is 11.4. The quantitative estimate of drug-likeness (QED) is 0.583. The number of imidazole rings is 1. The number of rotatable bonds is 4. The number of anilines is 1. The van der Waals surface area contributed by atoms with Crippen LogP contribution in [0.25, 0.3) is 11.0 Å². The van der Waals surface area contributed by atoms with E-state index in [9.17, 15) is 9.59 Å². The number of benzene rings is 2. The van der Waals surface area contributed by atoms with Crippen molar-refractivity contribution in [3.63, 3.8) is 0 Å². The van der Waals surface area contributed by atoms with Crippen molar-refractivity contribution in [2.75, 3.05) is 24.5 Å². The largest absolute Gasteiger partial charge is 0.341 e. The molecular weight excluding hydrogens is 424 g/mol. The first-order chi connectivity index (χ1) is 15.6. The summed E-state index contributed by atoms with van der Waals surface area (Å²) in [6.45, 7) is 2.46. The van der Waals surface area contributed by atoms with Crippen LogP contribution in [-0.2, 0) is 16.1 Å². The monoisotopic (exact) mass is 450 g/mol. The number of carbonyl (C=O) groups excluding carboxylic acids is 2. The van der Waals surface area contributed by atoms with E-state index in [1.54, 1.807) is 17.0 Å². The van der Waals surface area contributed by atoms with Crippen LogP contribution in [0.2, 0.25) is 5.02 Å². The average molecular weight is 451 g/mol. The Morgan fingerprint density at radius 3 is 2.47 bits per heavy atom. The Morgan fingerprint density at radius 2 is 1.72 bits per heavy atom. The van der Waals surface area contributed by atoms with Crippen LogP contribution in [0.3, 0.4) is 0 Å². The molecule has 0 radical (unpaired) electrons. The maximum absolute atomic E-state index is 13.2. The van der Waals surface area contributed by atoms with Gasteiger partial charge in [0.05, 0.1) is 11.0 Å². The third kappa shape index (κ3) is 4.11. The van der Waals surface area contributed by atoms with E-state index >= 15 is 0 Å². The van der Waals surface area contributed by atoms with Crippen molar-refractivity contribution in [3.8, 4) is 0 Å². The molecule has 0 saturated carbocycles. The van der Waals surface area contributed by atoms with E-state index < -0.39 is 0 Å². The summed E-state index contributed by atoms with van der Waals surface area (Å²) in [6, 6.07) is 15.2. The zero-order chi connectivity index (χ0) is 22.1. The highest BCUT2D eigenvalue weighted by atomic mass is 35.5. The van der Waals surface area contributed by atoms with Crippen molar-refractivity contribution >= 4 is 40.1 Å². The van der Waals surface area contributed by atoms with Gasteiger partial charge in [-0.2, -0.15) is 0 Å². The average Bonchev–Trinajstić information content (AvgIpc) is 3.22. The molecule has 1 unspecified atom stereocenters. The number of hydrogen-bond donors (Lipinski definition) is 0. The van der Waals surface area contributed by atoms with Gasteiger partial charge in [-0.15, -0.1) is 0 Å². The number of carbonyl (C=O) groups is 2. The smallest absolute Gasteiger partial charge is 0.242 e. The minimum absolute atomic E-state index is 0.0646. The molecule has 166 valence electrons. The molecule has 2 saturated heterocycles. The number of halogens is 1. The highest BCUT2D eigenvalue weighted by Crippen LogP contribution is 2.33. The second-order valence-electron chi connectivity index (χ2n) is 8.72. The zero-order valence-corrected chi connectivity index (χ0v) is 18.8. The van der Waals surface area contributed by atoms with E-state index in [0.29, 0.717) is 18.0 Å². The number of para-hydroxylation sites is 2. The van der Waals surface area contributed by atoms with Gasteiger partial charge in [-0.3, -0.25) is 9.59 Å². The van der Waals surface area contributed by atoms with Gasteiger partial charge in [-0.05, 0) is 49.2 Å². The highest BCUT2D eigenvalue weighted by molar-refractivity contribution is 6.30. The van der Waals surface area contributed by atoms with Crippen LogP contribution >= 0.6 is 11.6 Å². The molecule has 1 aromatic heterocycles. The standard InChI is InChI=1S/C25H27ClN4O2/c26-19-9-11-20(12-10-19)29-16-18(15-23(29)31)25-27-21-7-3-4-8-22(21)30(25)17-24(32)28-13-5-1-2-6-14-28/h3-4,7-12,18H,1-2,5-6,13-17H2. The van der Waals surface area contributed by atoms with E-state index in [-0.39, 0.29) is 24.3 Å². The van der Waals surface area contributed by atoms with Crippen molar-refractivity contribution in [3.05, 3.63) is 59.4 Å². The Balaban J connectivity index is 1.44. The maximum Gasteiger partial charge on any atom is 0.242 e. The molecule has 1 atom stereocenters. The lowest BCUT2D eigenvalue weighted by Crippen LogP contribution is -2.35. The maximum atomic E-state index is 13.2. The first-order valence-corrected chi connectivity index (χ1v) is 11.8. The van der Waals surface area contributed by atoms with Crippen LogP contribution in [0.4, 0.5) is 5.69 Å². The van der Waals surface area contributed by atoms with Gasteiger partial charge in [0, 0.05) is 42.7 Å². The van der Waals surface area contributed by atoms with Gasteiger partial charge in [-0.25, -0.2) is 4.98 Å². The zero-order valence-electron chi connectivity index (χ0n) is 18.0. The summed E-state index contributed by atoms with van der Waals surface area (Å²) in [5.74, 6) is 0.951. The molecule has 5 rings (SSSR count). The second kappa shape index (κ2) is 8.94. The van der Waals surface area contributed by atoms with Gasteiger partial charge >= 0.3 is 0 Å². The van der Waals surface area contributed by atoms with Gasteiger partial charge in [0.2, 0.25) is 11.8 Å². The van der Waals surface area contributed by atoms with E-state index in [4.69, 9.17) is 16.6 Å². The fourth-order valence-corrected chi connectivity index (χ4v) is 5.00.